The maximum Gasteiger partial charge on any atom is 0.231 e. The molecule has 2 heterocycles. The largest absolute Gasteiger partial charge is 0.368 e. The van der Waals surface area contributed by atoms with Crippen molar-refractivity contribution in [2.45, 2.75) is 0 Å². The molecule has 0 radical (unpaired) electrons. The fraction of sp³-hybridized carbons (Fsp3) is 0.308. The Morgan fingerprint density at radius 1 is 0.905 bits per heavy atom. The molecule has 0 aliphatic carbocycles. The number of aromatic nitrogens is 3. The van der Waals surface area contributed by atoms with E-state index in [1.807, 2.05) is 29.2 Å². The highest BCUT2D eigenvalue weighted by Crippen LogP contribution is 2.26. The van der Waals surface area contributed by atoms with Gasteiger partial charge in [-0.1, -0.05) is 23.7 Å². The van der Waals surface area contributed by atoms with Gasteiger partial charge in [-0.2, -0.15) is 15.0 Å². The Hall–Kier alpha value is -1.79. The smallest absolute Gasteiger partial charge is 0.231 e. The summed E-state index contributed by atoms with van der Waals surface area (Å²) in [6, 6.07) is 7.84. The summed E-state index contributed by atoms with van der Waals surface area (Å²) < 4.78 is 0. The summed E-state index contributed by atoms with van der Waals surface area (Å²) in [5.74, 6) is 0.657. The quantitative estimate of drug-likeness (QED) is 0.912. The fourth-order valence-electron chi connectivity index (χ4n) is 2.35. The second-order valence-electron chi connectivity index (χ2n) is 4.69. The van der Waals surface area contributed by atoms with Crippen LogP contribution in [0.3, 0.4) is 0 Å². The van der Waals surface area contributed by atoms with Gasteiger partial charge in [-0.25, -0.2) is 0 Å². The molecule has 2 N–H and O–H groups in total. The second kappa shape index (κ2) is 5.91. The van der Waals surface area contributed by atoms with Crippen molar-refractivity contribution >= 4 is 40.8 Å². The number of rotatable bonds is 2. The average molecular weight is 325 g/mol. The van der Waals surface area contributed by atoms with Crippen LogP contribution in [-0.4, -0.2) is 41.1 Å². The molecule has 110 valence electrons. The number of piperazine rings is 1. The number of anilines is 3. The third-order valence-electron chi connectivity index (χ3n) is 3.37. The first kappa shape index (κ1) is 14.2. The first-order valence-electron chi connectivity index (χ1n) is 6.55. The molecule has 1 aliphatic heterocycles. The van der Waals surface area contributed by atoms with Crippen LogP contribution >= 0.6 is 23.2 Å². The van der Waals surface area contributed by atoms with Crippen molar-refractivity contribution in [2.24, 2.45) is 0 Å². The Kier molecular flexibility index (Phi) is 3.98. The molecular formula is C13H14Cl2N6. The number of nitrogen functional groups attached to an aromatic ring is 1. The maximum atomic E-state index is 6.23. The fourth-order valence-corrected chi connectivity index (χ4v) is 2.77. The Bertz CT molecular complexity index is 622. The number of para-hydroxylation sites is 1. The van der Waals surface area contributed by atoms with Crippen molar-refractivity contribution in [2.75, 3.05) is 41.7 Å². The van der Waals surface area contributed by atoms with Gasteiger partial charge < -0.3 is 15.5 Å². The number of hydrogen-bond acceptors (Lipinski definition) is 6. The van der Waals surface area contributed by atoms with Gasteiger partial charge in [0.1, 0.15) is 0 Å². The highest BCUT2D eigenvalue weighted by atomic mass is 35.5. The molecule has 0 spiro atoms. The maximum absolute atomic E-state index is 6.23. The van der Waals surface area contributed by atoms with Crippen LogP contribution < -0.4 is 15.5 Å². The molecule has 1 aromatic carbocycles. The number of halogens is 2. The number of hydrogen-bond donors (Lipinski definition) is 1. The molecule has 3 rings (SSSR count). The lowest BCUT2D eigenvalue weighted by atomic mass is 10.2. The summed E-state index contributed by atoms with van der Waals surface area (Å²) in [6.07, 6.45) is 0. The van der Waals surface area contributed by atoms with Gasteiger partial charge in [0.05, 0.1) is 10.7 Å². The molecule has 8 heteroatoms. The lowest BCUT2D eigenvalue weighted by Crippen LogP contribution is -2.47. The number of nitrogens with two attached hydrogens (primary N) is 1. The summed E-state index contributed by atoms with van der Waals surface area (Å²) in [5.41, 5.74) is 6.65. The van der Waals surface area contributed by atoms with Gasteiger partial charge in [-0.05, 0) is 23.7 Å². The normalized spacial score (nSPS) is 15.3. The van der Waals surface area contributed by atoms with E-state index in [0.29, 0.717) is 5.95 Å². The predicted molar refractivity (Wildman–Crippen MR) is 85.1 cm³/mol. The van der Waals surface area contributed by atoms with E-state index in [0.717, 1.165) is 36.9 Å². The van der Waals surface area contributed by atoms with E-state index in [2.05, 4.69) is 19.9 Å². The second-order valence-corrected chi connectivity index (χ2v) is 5.43. The highest BCUT2D eigenvalue weighted by molar-refractivity contribution is 6.33. The van der Waals surface area contributed by atoms with Gasteiger partial charge in [0.15, 0.2) is 0 Å². The molecule has 2 aromatic rings. The zero-order chi connectivity index (χ0) is 14.8. The zero-order valence-electron chi connectivity index (χ0n) is 11.2. The summed E-state index contributed by atoms with van der Waals surface area (Å²) in [5, 5.41) is 0.879. The summed E-state index contributed by atoms with van der Waals surface area (Å²) >= 11 is 12.0. The van der Waals surface area contributed by atoms with Gasteiger partial charge in [0.25, 0.3) is 0 Å². The third kappa shape index (κ3) is 3.11. The minimum Gasteiger partial charge on any atom is -0.368 e. The monoisotopic (exact) mass is 324 g/mol. The third-order valence-corrected chi connectivity index (χ3v) is 3.86. The molecule has 6 nitrogen and oxygen atoms in total. The van der Waals surface area contributed by atoms with Gasteiger partial charge in [-0.3, -0.25) is 0 Å². The van der Waals surface area contributed by atoms with Gasteiger partial charge in [-0.15, -0.1) is 0 Å². The summed E-state index contributed by atoms with van der Waals surface area (Å²) in [4.78, 5) is 16.3. The topological polar surface area (TPSA) is 71.2 Å². The molecule has 1 fully saturated rings. The van der Waals surface area contributed by atoms with E-state index in [1.54, 1.807) is 0 Å². The van der Waals surface area contributed by atoms with Crippen LogP contribution in [0.25, 0.3) is 0 Å². The van der Waals surface area contributed by atoms with E-state index in [9.17, 15) is 0 Å². The molecular weight excluding hydrogens is 311 g/mol. The van der Waals surface area contributed by atoms with E-state index in [1.165, 1.54) is 0 Å². The standard InChI is InChI=1S/C13H14Cl2N6/c14-9-3-1-2-4-10(9)20-5-7-21(8-6-20)13-18-11(15)17-12(16)19-13/h1-4H,5-8H2,(H2,16,17,18,19). The first-order valence-corrected chi connectivity index (χ1v) is 7.30. The zero-order valence-corrected chi connectivity index (χ0v) is 12.7. The van der Waals surface area contributed by atoms with Crippen molar-refractivity contribution < 1.29 is 0 Å². The van der Waals surface area contributed by atoms with Crippen LogP contribution in [0.1, 0.15) is 0 Å². The Labute approximate surface area is 132 Å². The van der Waals surface area contributed by atoms with Crippen LogP contribution in [0.5, 0.6) is 0 Å². The molecule has 0 saturated carbocycles. The van der Waals surface area contributed by atoms with Crippen LogP contribution in [0.2, 0.25) is 10.3 Å². The SMILES string of the molecule is Nc1nc(Cl)nc(N2CCN(c3ccccc3Cl)CC2)n1. The van der Waals surface area contributed by atoms with Gasteiger partial charge in [0.2, 0.25) is 17.2 Å². The molecule has 1 saturated heterocycles. The number of nitrogens with zero attached hydrogens (tertiary/aromatic N) is 5. The predicted octanol–water partition coefficient (Wildman–Crippen LogP) is 2.09. The van der Waals surface area contributed by atoms with E-state index in [-0.39, 0.29) is 11.2 Å². The van der Waals surface area contributed by atoms with Gasteiger partial charge in [0, 0.05) is 26.2 Å². The summed E-state index contributed by atoms with van der Waals surface area (Å²) in [6.45, 7) is 3.19. The Balaban J connectivity index is 1.72. The van der Waals surface area contributed by atoms with Crippen molar-refractivity contribution in [3.05, 3.63) is 34.6 Å². The van der Waals surface area contributed by atoms with Crippen LogP contribution in [0, 0.1) is 0 Å². The minimum atomic E-state index is 0.117. The van der Waals surface area contributed by atoms with Crippen molar-refractivity contribution in [3.8, 4) is 0 Å². The highest BCUT2D eigenvalue weighted by Gasteiger charge is 2.21. The van der Waals surface area contributed by atoms with Crippen LogP contribution in [0.15, 0.2) is 24.3 Å². The lowest BCUT2D eigenvalue weighted by Gasteiger charge is -2.36. The average Bonchev–Trinajstić information content (AvgIpc) is 2.47. The number of benzene rings is 1. The Morgan fingerprint density at radius 3 is 2.24 bits per heavy atom. The van der Waals surface area contributed by atoms with Crippen LogP contribution in [0.4, 0.5) is 17.6 Å². The van der Waals surface area contributed by atoms with Crippen LogP contribution in [-0.2, 0) is 0 Å². The molecule has 0 bridgehead atoms. The van der Waals surface area contributed by atoms with Crippen molar-refractivity contribution in [1.29, 1.82) is 0 Å². The lowest BCUT2D eigenvalue weighted by molar-refractivity contribution is 0.639. The summed E-state index contributed by atoms with van der Waals surface area (Å²) in [7, 11) is 0. The van der Waals surface area contributed by atoms with Crippen molar-refractivity contribution in [3.63, 3.8) is 0 Å². The molecule has 21 heavy (non-hydrogen) atoms. The minimum absolute atomic E-state index is 0.117. The Morgan fingerprint density at radius 2 is 1.57 bits per heavy atom. The molecule has 0 unspecified atom stereocenters. The van der Waals surface area contributed by atoms with Crippen molar-refractivity contribution in [1.82, 2.24) is 15.0 Å². The van der Waals surface area contributed by atoms with E-state index >= 15 is 0 Å². The molecule has 0 amide bonds. The molecule has 0 atom stereocenters. The van der Waals surface area contributed by atoms with Gasteiger partial charge >= 0.3 is 0 Å². The first-order chi connectivity index (χ1) is 10.1. The molecule has 1 aromatic heterocycles. The van der Waals surface area contributed by atoms with E-state index in [4.69, 9.17) is 28.9 Å². The van der Waals surface area contributed by atoms with E-state index < -0.39 is 0 Å². The molecule has 1 aliphatic rings.